The highest BCUT2D eigenvalue weighted by atomic mass is 31.2. The van der Waals surface area contributed by atoms with Crippen LogP contribution in [0.3, 0.4) is 0 Å². The maximum atomic E-state index is 11.8. The molecule has 0 aromatic rings. The smallest absolute Gasteiger partial charge is 0.233 e. The van der Waals surface area contributed by atoms with Gasteiger partial charge < -0.3 is 19.7 Å². The fraction of sp³-hybridized carbons (Fsp3) is 0.800. The zero-order valence-corrected chi connectivity index (χ0v) is 19.6. The summed E-state index contributed by atoms with van der Waals surface area (Å²) < 4.78 is 23.0. The molecule has 4 unspecified atom stereocenters. The zero-order valence-electron chi connectivity index (χ0n) is 18.7. The number of allylic oxidation sites excluding steroid dienone is 1. The Labute approximate surface area is 171 Å². The van der Waals surface area contributed by atoms with E-state index in [9.17, 15) is 4.57 Å². The molecule has 0 aliphatic carbocycles. The third kappa shape index (κ3) is 7.88. The number of hydrogen-bond acceptors (Lipinski definition) is 5. The fourth-order valence-electron chi connectivity index (χ4n) is 3.16. The third-order valence-corrected chi connectivity index (χ3v) is 6.47. The Balaban J connectivity index is 2.77. The Morgan fingerprint density at radius 3 is 2.43 bits per heavy atom. The number of nitrogens with one attached hydrogen (secondary N) is 2. The van der Waals surface area contributed by atoms with Crippen molar-refractivity contribution in [3.63, 3.8) is 0 Å². The Hall–Kier alpha value is -0.850. The average Bonchev–Trinajstić information content (AvgIpc) is 3.00. The Morgan fingerprint density at radius 2 is 1.93 bits per heavy atom. The van der Waals surface area contributed by atoms with Gasteiger partial charge in [0.05, 0.1) is 12.1 Å². The number of hydrogen-bond donors (Lipinski definition) is 3. The first-order valence-corrected chi connectivity index (χ1v) is 11.9. The fourth-order valence-corrected chi connectivity index (χ4v) is 3.63. The summed E-state index contributed by atoms with van der Waals surface area (Å²) in [5.74, 6) is 0.860. The van der Waals surface area contributed by atoms with E-state index in [1.165, 1.54) is 0 Å². The molecule has 1 heterocycles. The van der Waals surface area contributed by atoms with Crippen molar-refractivity contribution >= 4 is 7.44 Å². The summed E-state index contributed by atoms with van der Waals surface area (Å²) in [4.78, 5) is 2.30. The van der Waals surface area contributed by atoms with E-state index in [1.807, 2.05) is 0 Å². The van der Waals surface area contributed by atoms with Crippen LogP contribution in [0.15, 0.2) is 24.6 Å². The van der Waals surface area contributed by atoms with Gasteiger partial charge in [0.15, 0.2) is 0 Å². The molecule has 4 atom stereocenters. The number of ether oxygens (including phenoxy) is 2. The van der Waals surface area contributed by atoms with Crippen molar-refractivity contribution in [2.24, 2.45) is 17.3 Å². The molecule has 28 heavy (non-hydrogen) atoms. The van der Waals surface area contributed by atoms with Crippen LogP contribution in [0.2, 0.25) is 0 Å². The van der Waals surface area contributed by atoms with Crippen molar-refractivity contribution in [3.8, 4) is 0 Å². The van der Waals surface area contributed by atoms with E-state index in [0.29, 0.717) is 11.8 Å². The highest BCUT2D eigenvalue weighted by Gasteiger charge is 2.37. The van der Waals surface area contributed by atoms with E-state index in [4.69, 9.17) is 15.0 Å². The van der Waals surface area contributed by atoms with Crippen LogP contribution in [-0.2, 0) is 14.0 Å². The summed E-state index contributed by atoms with van der Waals surface area (Å²) in [5, 5.41) is 6.08. The van der Waals surface area contributed by atoms with Gasteiger partial charge in [-0.2, -0.15) is 0 Å². The molecule has 4 N–H and O–H groups in total. The first-order valence-electron chi connectivity index (χ1n) is 9.95. The maximum Gasteiger partial charge on any atom is 0.233 e. The lowest BCUT2D eigenvalue weighted by Gasteiger charge is -2.36. The maximum absolute atomic E-state index is 11.8. The van der Waals surface area contributed by atoms with Gasteiger partial charge in [-0.3, -0.25) is 15.2 Å². The molecule has 0 aromatic heterocycles. The summed E-state index contributed by atoms with van der Waals surface area (Å²) in [6.07, 6.45) is 0.714. The van der Waals surface area contributed by atoms with E-state index in [2.05, 4.69) is 70.0 Å². The van der Waals surface area contributed by atoms with Gasteiger partial charge in [-0.15, -0.1) is 0 Å². The van der Waals surface area contributed by atoms with Gasteiger partial charge in [-0.25, -0.2) is 0 Å². The summed E-state index contributed by atoms with van der Waals surface area (Å²) in [6.45, 7) is 22.4. The number of nitrogens with zero attached hydrogens (tertiary/aromatic N) is 1. The normalized spacial score (nSPS) is 23.5. The predicted octanol–water partition coefficient (Wildman–Crippen LogP) is 3.46. The lowest BCUT2D eigenvalue weighted by molar-refractivity contribution is -0.0732. The van der Waals surface area contributed by atoms with Crippen LogP contribution in [-0.4, -0.2) is 49.3 Å². The molecule has 0 radical (unpaired) electrons. The van der Waals surface area contributed by atoms with E-state index in [0.717, 1.165) is 24.4 Å². The van der Waals surface area contributed by atoms with Gasteiger partial charge in [0.1, 0.15) is 13.1 Å². The van der Waals surface area contributed by atoms with Gasteiger partial charge in [0.25, 0.3) is 0 Å². The van der Waals surface area contributed by atoms with Crippen molar-refractivity contribution in [2.75, 3.05) is 26.7 Å². The molecule has 1 aliphatic rings. The lowest BCUT2D eigenvalue weighted by atomic mass is 9.94. The minimum Gasteiger partial charge on any atom is -0.383 e. The van der Waals surface area contributed by atoms with Gasteiger partial charge >= 0.3 is 0 Å². The molecular formula is C20H41N4O3P. The minimum atomic E-state index is -2.94. The second-order valence-corrected chi connectivity index (χ2v) is 11.4. The second-order valence-electron chi connectivity index (χ2n) is 9.09. The van der Waals surface area contributed by atoms with Crippen LogP contribution in [0.1, 0.15) is 48.0 Å². The molecule has 1 aliphatic heterocycles. The zero-order chi connectivity index (χ0) is 21.7. The van der Waals surface area contributed by atoms with Crippen LogP contribution in [0.5, 0.6) is 0 Å². The molecule has 0 amide bonds. The standard InChI is InChI=1S/C20H41N4O3P/c1-14(2)15(3)17(5)24-11-18(27-12-26-13-28(21,25)22-9)10-19(24)16(4)23-20(6,7)8/h14-15,18-19,23H,4-5,10-13H2,1-3,6-9H3,(H3,21,22,25). The van der Waals surface area contributed by atoms with E-state index in [1.54, 1.807) is 7.05 Å². The number of likely N-dealkylation sites (tertiary alicyclic amines) is 1. The number of nitrogens with two attached hydrogens (primary N) is 1. The monoisotopic (exact) mass is 416 g/mol. The SMILES string of the molecule is C=C(NC(C)(C)C)C1CC(OCOCP(N)(=O)NC)CN1C(=C)C(C)C(C)C. The topological polar surface area (TPSA) is 88.8 Å². The lowest BCUT2D eigenvalue weighted by Crippen LogP contribution is -2.43. The molecule has 1 saturated heterocycles. The Morgan fingerprint density at radius 1 is 1.32 bits per heavy atom. The van der Waals surface area contributed by atoms with Crippen LogP contribution >= 0.6 is 7.44 Å². The quantitative estimate of drug-likeness (QED) is 0.270. The first-order chi connectivity index (χ1) is 12.8. The molecule has 1 fully saturated rings. The molecule has 164 valence electrons. The van der Waals surface area contributed by atoms with E-state index >= 15 is 0 Å². The molecule has 0 aromatic carbocycles. The van der Waals surface area contributed by atoms with Crippen LogP contribution < -0.4 is 15.9 Å². The van der Waals surface area contributed by atoms with Gasteiger partial charge in [0.2, 0.25) is 7.44 Å². The van der Waals surface area contributed by atoms with Crippen molar-refractivity contribution in [1.29, 1.82) is 0 Å². The van der Waals surface area contributed by atoms with E-state index < -0.39 is 7.44 Å². The van der Waals surface area contributed by atoms with Crippen molar-refractivity contribution in [3.05, 3.63) is 24.6 Å². The molecule has 7 nitrogen and oxygen atoms in total. The van der Waals surface area contributed by atoms with Crippen molar-refractivity contribution < 1.29 is 14.0 Å². The molecule has 0 bridgehead atoms. The molecule has 0 spiro atoms. The van der Waals surface area contributed by atoms with Crippen LogP contribution in [0.25, 0.3) is 0 Å². The van der Waals surface area contributed by atoms with Crippen LogP contribution in [0, 0.1) is 11.8 Å². The van der Waals surface area contributed by atoms with Gasteiger partial charge in [-0.1, -0.05) is 33.9 Å². The largest absolute Gasteiger partial charge is 0.383 e. The number of rotatable bonds is 11. The molecule has 8 heteroatoms. The Kier molecular flexibility index (Phi) is 9.23. The van der Waals surface area contributed by atoms with Crippen LogP contribution in [0.4, 0.5) is 0 Å². The highest BCUT2D eigenvalue weighted by molar-refractivity contribution is 7.59. The van der Waals surface area contributed by atoms with Gasteiger partial charge in [0, 0.05) is 29.9 Å². The third-order valence-electron chi connectivity index (χ3n) is 5.14. The molecule has 0 saturated carbocycles. The van der Waals surface area contributed by atoms with Gasteiger partial charge in [-0.05, 0) is 39.7 Å². The Bertz CT molecular complexity index is 588. The minimum absolute atomic E-state index is 0.0219. The summed E-state index contributed by atoms with van der Waals surface area (Å²) in [5.41, 5.74) is 7.59. The first kappa shape index (κ1) is 25.2. The summed E-state index contributed by atoms with van der Waals surface area (Å²) >= 11 is 0. The summed E-state index contributed by atoms with van der Waals surface area (Å²) in [7, 11) is -1.38. The van der Waals surface area contributed by atoms with Crippen molar-refractivity contribution in [2.45, 2.75) is 65.6 Å². The van der Waals surface area contributed by atoms with Crippen molar-refractivity contribution in [1.82, 2.24) is 15.3 Å². The van der Waals surface area contributed by atoms with E-state index in [-0.39, 0.29) is 30.8 Å². The second kappa shape index (κ2) is 10.3. The highest BCUT2D eigenvalue weighted by Crippen LogP contribution is 2.33. The predicted molar refractivity (Wildman–Crippen MR) is 117 cm³/mol. The summed E-state index contributed by atoms with van der Waals surface area (Å²) in [6, 6.07) is 0.107. The average molecular weight is 417 g/mol. The molecular weight excluding hydrogens is 375 g/mol. The molecule has 1 rings (SSSR count).